The van der Waals surface area contributed by atoms with E-state index < -0.39 is 10.0 Å². The van der Waals surface area contributed by atoms with Gasteiger partial charge >= 0.3 is 0 Å². The molecular weight excluding hydrogens is 264 g/mol. The summed E-state index contributed by atoms with van der Waals surface area (Å²) in [5.74, 6) is 0.252. The van der Waals surface area contributed by atoms with Crippen molar-refractivity contribution in [2.75, 3.05) is 32.0 Å². The highest BCUT2D eigenvalue weighted by Crippen LogP contribution is 2.19. The first kappa shape index (κ1) is 16.9. The lowest BCUT2D eigenvalue weighted by atomic mass is 10.2. The molecule has 1 rings (SSSR count). The van der Waals surface area contributed by atoms with Crippen LogP contribution in [0.15, 0.2) is 0 Å². The van der Waals surface area contributed by atoms with Crippen molar-refractivity contribution in [3.8, 4) is 0 Å². The van der Waals surface area contributed by atoms with E-state index in [0.717, 1.165) is 32.4 Å². The summed E-state index contributed by atoms with van der Waals surface area (Å²) >= 11 is 0. The highest BCUT2D eigenvalue weighted by molar-refractivity contribution is 7.89. The molecule has 0 spiro atoms. The van der Waals surface area contributed by atoms with Gasteiger partial charge in [-0.25, -0.2) is 8.42 Å². The van der Waals surface area contributed by atoms with Crippen molar-refractivity contribution in [1.29, 1.82) is 0 Å². The van der Waals surface area contributed by atoms with Crippen LogP contribution in [-0.4, -0.2) is 56.9 Å². The first-order valence-corrected chi connectivity index (χ1v) is 8.94. The Morgan fingerprint density at radius 2 is 2.05 bits per heavy atom. The first-order valence-electron chi connectivity index (χ1n) is 7.33. The lowest BCUT2D eigenvalue weighted by Gasteiger charge is -2.37. The van der Waals surface area contributed by atoms with E-state index in [1.165, 1.54) is 0 Å². The largest absolute Gasteiger partial charge is 0.375 e. The molecular formula is C13H28N2O3S. The van der Waals surface area contributed by atoms with E-state index >= 15 is 0 Å². The topological polar surface area (TPSA) is 58.6 Å². The molecule has 0 aromatic rings. The maximum absolute atomic E-state index is 12.4. The van der Waals surface area contributed by atoms with E-state index in [0.29, 0.717) is 13.2 Å². The van der Waals surface area contributed by atoms with Crippen LogP contribution in [0, 0.1) is 0 Å². The maximum atomic E-state index is 12.4. The van der Waals surface area contributed by atoms with Crippen molar-refractivity contribution in [1.82, 2.24) is 9.62 Å². The molecule has 1 aliphatic heterocycles. The molecule has 0 bridgehead atoms. The molecule has 2 unspecified atom stereocenters. The van der Waals surface area contributed by atoms with Crippen LogP contribution in [0.4, 0.5) is 0 Å². The van der Waals surface area contributed by atoms with E-state index in [2.05, 4.69) is 12.2 Å². The number of unbranched alkanes of at least 4 members (excludes halogenated alkanes) is 1. The Morgan fingerprint density at radius 3 is 2.68 bits per heavy atom. The monoisotopic (exact) mass is 292 g/mol. The van der Waals surface area contributed by atoms with Crippen LogP contribution < -0.4 is 5.32 Å². The van der Waals surface area contributed by atoms with Crippen LogP contribution >= 0.6 is 0 Å². The summed E-state index contributed by atoms with van der Waals surface area (Å²) in [5.41, 5.74) is 0. The van der Waals surface area contributed by atoms with Gasteiger partial charge in [0.2, 0.25) is 10.0 Å². The molecule has 0 amide bonds. The molecule has 1 N–H and O–H groups in total. The zero-order valence-corrected chi connectivity index (χ0v) is 13.2. The van der Waals surface area contributed by atoms with Gasteiger partial charge < -0.3 is 10.1 Å². The minimum Gasteiger partial charge on any atom is -0.375 e. The third kappa shape index (κ3) is 5.38. The van der Waals surface area contributed by atoms with Crippen molar-refractivity contribution in [2.45, 2.75) is 52.2 Å². The molecule has 114 valence electrons. The summed E-state index contributed by atoms with van der Waals surface area (Å²) in [6, 6.07) is 0.00923. The summed E-state index contributed by atoms with van der Waals surface area (Å²) in [6.45, 7) is 8.84. The SMILES string of the molecule is CCNCCCCS(=O)(=O)N1CC(C)OCC1CC. The Kier molecular flexibility index (Phi) is 7.28. The summed E-state index contributed by atoms with van der Waals surface area (Å²) in [7, 11) is -3.14. The molecule has 5 nitrogen and oxygen atoms in total. The molecule has 1 aliphatic rings. The maximum Gasteiger partial charge on any atom is 0.214 e. The Hall–Kier alpha value is -0.170. The molecule has 1 fully saturated rings. The number of sulfonamides is 1. The van der Waals surface area contributed by atoms with E-state index in [1.54, 1.807) is 4.31 Å². The van der Waals surface area contributed by atoms with Crippen molar-refractivity contribution in [3.63, 3.8) is 0 Å². The standard InChI is InChI=1S/C13H28N2O3S/c1-4-13-11-18-12(3)10-15(13)19(16,17)9-7-6-8-14-5-2/h12-14H,4-11H2,1-3H3. The predicted molar refractivity (Wildman–Crippen MR) is 77.8 cm³/mol. The zero-order chi connectivity index (χ0) is 14.3. The van der Waals surface area contributed by atoms with E-state index in [1.807, 2.05) is 13.8 Å². The predicted octanol–water partition coefficient (Wildman–Crippen LogP) is 1.21. The van der Waals surface area contributed by atoms with E-state index in [4.69, 9.17) is 4.74 Å². The Labute approximate surface area is 117 Å². The van der Waals surface area contributed by atoms with Gasteiger partial charge in [-0.1, -0.05) is 13.8 Å². The van der Waals surface area contributed by atoms with Gasteiger partial charge in [-0.3, -0.25) is 0 Å². The van der Waals surface area contributed by atoms with Crippen LogP contribution in [0.3, 0.4) is 0 Å². The Bertz CT molecular complexity index is 346. The number of nitrogens with one attached hydrogen (secondary N) is 1. The summed E-state index contributed by atoms with van der Waals surface area (Å²) in [6.07, 6.45) is 2.43. The number of ether oxygens (including phenoxy) is 1. The minimum atomic E-state index is -3.14. The van der Waals surface area contributed by atoms with Gasteiger partial charge in [0.05, 0.1) is 18.5 Å². The Balaban J connectivity index is 2.49. The average molecular weight is 292 g/mol. The summed E-state index contributed by atoms with van der Waals surface area (Å²) in [4.78, 5) is 0. The number of rotatable bonds is 8. The normalized spacial score (nSPS) is 25.6. The summed E-state index contributed by atoms with van der Waals surface area (Å²) in [5, 5.41) is 3.21. The van der Waals surface area contributed by atoms with E-state index in [9.17, 15) is 8.42 Å². The smallest absolute Gasteiger partial charge is 0.214 e. The van der Waals surface area contributed by atoms with Gasteiger partial charge in [-0.05, 0) is 39.3 Å². The molecule has 6 heteroatoms. The third-order valence-electron chi connectivity index (χ3n) is 3.50. The number of morpholine rings is 1. The molecule has 0 saturated carbocycles. The third-order valence-corrected chi connectivity index (χ3v) is 5.47. The molecule has 19 heavy (non-hydrogen) atoms. The van der Waals surface area contributed by atoms with Crippen LogP contribution in [0.1, 0.15) is 40.0 Å². The van der Waals surface area contributed by atoms with Crippen LogP contribution in [0.25, 0.3) is 0 Å². The average Bonchev–Trinajstić information content (AvgIpc) is 2.38. The van der Waals surface area contributed by atoms with Crippen molar-refractivity contribution in [2.24, 2.45) is 0 Å². The molecule has 0 aromatic heterocycles. The minimum absolute atomic E-state index is 0.000618. The molecule has 0 aliphatic carbocycles. The van der Waals surface area contributed by atoms with E-state index in [-0.39, 0.29) is 17.9 Å². The lowest BCUT2D eigenvalue weighted by molar-refractivity contribution is -0.0230. The van der Waals surface area contributed by atoms with Crippen LogP contribution in [0.5, 0.6) is 0 Å². The fourth-order valence-corrected chi connectivity index (χ4v) is 4.21. The van der Waals surface area contributed by atoms with Crippen molar-refractivity contribution >= 4 is 10.0 Å². The molecule has 2 atom stereocenters. The summed E-state index contributed by atoms with van der Waals surface area (Å²) < 4.78 is 32.0. The van der Waals surface area contributed by atoms with Gasteiger partial charge in [-0.15, -0.1) is 0 Å². The molecule has 0 radical (unpaired) electrons. The van der Waals surface area contributed by atoms with Crippen LogP contribution in [0.2, 0.25) is 0 Å². The van der Waals surface area contributed by atoms with Gasteiger partial charge in [0, 0.05) is 12.6 Å². The van der Waals surface area contributed by atoms with Gasteiger partial charge in [-0.2, -0.15) is 4.31 Å². The van der Waals surface area contributed by atoms with Crippen molar-refractivity contribution in [3.05, 3.63) is 0 Å². The Morgan fingerprint density at radius 1 is 1.32 bits per heavy atom. The highest BCUT2D eigenvalue weighted by atomic mass is 32.2. The van der Waals surface area contributed by atoms with Gasteiger partial charge in [0.1, 0.15) is 0 Å². The van der Waals surface area contributed by atoms with Gasteiger partial charge in [0.15, 0.2) is 0 Å². The fraction of sp³-hybridized carbons (Fsp3) is 1.00. The highest BCUT2D eigenvalue weighted by Gasteiger charge is 2.33. The quantitative estimate of drug-likeness (QED) is 0.683. The first-order chi connectivity index (χ1) is 9.01. The van der Waals surface area contributed by atoms with Gasteiger partial charge in [0.25, 0.3) is 0 Å². The lowest BCUT2D eigenvalue weighted by Crippen LogP contribution is -2.51. The zero-order valence-electron chi connectivity index (χ0n) is 12.4. The number of nitrogens with zero attached hydrogens (tertiary/aromatic N) is 1. The van der Waals surface area contributed by atoms with Crippen LogP contribution in [-0.2, 0) is 14.8 Å². The molecule has 1 saturated heterocycles. The molecule has 1 heterocycles. The number of hydrogen-bond donors (Lipinski definition) is 1. The number of hydrogen-bond acceptors (Lipinski definition) is 4. The second-order valence-electron chi connectivity index (χ2n) is 5.15. The second-order valence-corrected chi connectivity index (χ2v) is 7.19. The second kappa shape index (κ2) is 8.19. The van der Waals surface area contributed by atoms with Crippen molar-refractivity contribution < 1.29 is 13.2 Å². The fourth-order valence-electron chi connectivity index (χ4n) is 2.30. The molecule has 0 aromatic carbocycles.